The molecule has 2 rings (SSSR count). The maximum atomic E-state index is 12.4. The Morgan fingerprint density at radius 1 is 1.50 bits per heavy atom. The number of amides is 2. The third kappa shape index (κ3) is 2.99. The maximum Gasteiger partial charge on any atom is 0.255 e. The highest BCUT2D eigenvalue weighted by molar-refractivity contribution is 9.10. The predicted molar refractivity (Wildman–Crippen MR) is 76.0 cm³/mol. The number of hydrogen-bond acceptors (Lipinski definition) is 4. The van der Waals surface area contributed by atoms with Crippen LogP contribution in [0, 0.1) is 11.8 Å². The van der Waals surface area contributed by atoms with Gasteiger partial charge in [-0.2, -0.15) is 0 Å². The van der Waals surface area contributed by atoms with Crippen LogP contribution >= 0.6 is 15.9 Å². The molecule has 108 valence electrons. The number of aromatic nitrogens is 1. The van der Waals surface area contributed by atoms with E-state index in [2.05, 4.69) is 26.2 Å². The monoisotopic (exact) mass is 341 g/mol. The first-order valence-corrected chi connectivity index (χ1v) is 7.08. The van der Waals surface area contributed by atoms with E-state index in [0.717, 1.165) is 4.47 Å². The normalized spacial score (nSPS) is 21.9. The van der Waals surface area contributed by atoms with E-state index in [-0.39, 0.29) is 30.3 Å². The third-order valence-electron chi connectivity index (χ3n) is 3.50. The molecule has 0 aromatic carbocycles. The van der Waals surface area contributed by atoms with Crippen LogP contribution < -0.4 is 5.32 Å². The van der Waals surface area contributed by atoms with Gasteiger partial charge in [-0.1, -0.05) is 0 Å². The summed E-state index contributed by atoms with van der Waals surface area (Å²) in [6.45, 7) is 0.578. The van der Waals surface area contributed by atoms with Crippen LogP contribution in [0.2, 0.25) is 0 Å². The molecular formula is C13H16BrN3O3. The SMILES string of the molecule is CNC(=O)[C@@H]1CN(C(=O)c2cncc(Br)c2)C[C@H]1CO. The Labute approximate surface area is 125 Å². The molecule has 20 heavy (non-hydrogen) atoms. The first-order valence-electron chi connectivity index (χ1n) is 6.29. The molecule has 2 N–H and O–H groups in total. The summed E-state index contributed by atoms with van der Waals surface area (Å²) in [7, 11) is 1.56. The fourth-order valence-corrected chi connectivity index (χ4v) is 2.78. The van der Waals surface area contributed by atoms with E-state index in [0.29, 0.717) is 18.7 Å². The van der Waals surface area contributed by atoms with Crippen molar-refractivity contribution in [3.8, 4) is 0 Å². The van der Waals surface area contributed by atoms with Gasteiger partial charge in [0.1, 0.15) is 0 Å². The number of nitrogens with one attached hydrogen (secondary N) is 1. The van der Waals surface area contributed by atoms with Gasteiger partial charge in [-0.3, -0.25) is 14.6 Å². The summed E-state index contributed by atoms with van der Waals surface area (Å²) in [5.74, 6) is -0.913. The molecule has 0 spiro atoms. The van der Waals surface area contributed by atoms with Gasteiger partial charge in [-0.15, -0.1) is 0 Å². The zero-order valence-electron chi connectivity index (χ0n) is 11.0. The number of aliphatic hydroxyl groups is 1. The number of pyridine rings is 1. The lowest BCUT2D eigenvalue weighted by molar-refractivity contribution is -0.125. The average molecular weight is 342 g/mol. The summed E-state index contributed by atoms with van der Waals surface area (Å²) >= 11 is 3.27. The van der Waals surface area contributed by atoms with Crippen molar-refractivity contribution >= 4 is 27.7 Å². The molecule has 0 bridgehead atoms. The van der Waals surface area contributed by atoms with Crippen LogP contribution in [0.5, 0.6) is 0 Å². The van der Waals surface area contributed by atoms with Gasteiger partial charge in [0, 0.05) is 49.5 Å². The van der Waals surface area contributed by atoms with Crippen molar-refractivity contribution in [2.24, 2.45) is 11.8 Å². The largest absolute Gasteiger partial charge is 0.396 e. The smallest absolute Gasteiger partial charge is 0.255 e. The summed E-state index contributed by atoms with van der Waals surface area (Å²) in [4.78, 5) is 29.7. The molecule has 1 fully saturated rings. The van der Waals surface area contributed by atoms with E-state index in [4.69, 9.17) is 0 Å². The van der Waals surface area contributed by atoms with Crippen LogP contribution in [0.25, 0.3) is 0 Å². The molecular weight excluding hydrogens is 326 g/mol. The minimum atomic E-state index is -0.367. The van der Waals surface area contributed by atoms with Gasteiger partial charge in [0.15, 0.2) is 0 Å². The molecule has 1 aromatic rings. The van der Waals surface area contributed by atoms with Crippen molar-refractivity contribution in [2.75, 3.05) is 26.7 Å². The Morgan fingerprint density at radius 3 is 2.85 bits per heavy atom. The second-order valence-electron chi connectivity index (χ2n) is 4.77. The number of aliphatic hydroxyl groups excluding tert-OH is 1. The number of carbonyl (C=O) groups is 2. The average Bonchev–Trinajstić information content (AvgIpc) is 2.89. The van der Waals surface area contributed by atoms with E-state index in [1.165, 1.54) is 6.20 Å². The number of hydrogen-bond donors (Lipinski definition) is 2. The highest BCUT2D eigenvalue weighted by Gasteiger charge is 2.39. The lowest BCUT2D eigenvalue weighted by Gasteiger charge is -2.16. The van der Waals surface area contributed by atoms with Gasteiger partial charge in [0.2, 0.25) is 5.91 Å². The molecule has 1 aliphatic rings. The second kappa shape index (κ2) is 6.32. The number of likely N-dealkylation sites (tertiary alicyclic amines) is 1. The molecule has 2 heterocycles. The van der Waals surface area contributed by atoms with Gasteiger partial charge in [0.05, 0.1) is 11.5 Å². The van der Waals surface area contributed by atoms with E-state index in [1.54, 1.807) is 24.2 Å². The predicted octanol–water partition coefficient (Wildman–Crippen LogP) is 0.271. The maximum absolute atomic E-state index is 12.4. The number of halogens is 1. The van der Waals surface area contributed by atoms with Crippen LogP contribution in [0.15, 0.2) is 22.9 Å². The Hall–Kier alpha value is -1.47. The van der Waals surface area contributed by atoms with Gasteiger partial charge >= 0.3 is 0 Å². The van der Waals surface area contributed by atoms with Crippen molar-refractivity contribution in [1.82, 2.24) is 15.2 Å². The third-order valence-corrected chi connectivity index (χ3v) is 3.93. The Balaban J connectivity index is 2.14. The molecule has 0 unspecified atom stereocenters. The molecule has 6 nitrogen and oxygen atoms in total. The van der Waals surface area contributed by atoms with E-state index < -0.39 is 0 Å². The summed E-state index contributed by atoms with van der Waals surface area (Å²) in [6, 6.07) is 1.69. The summed E-state index contributed by atoms with van der Waals surface area (Å²) in [5.41, 5.74) is 0.466. The van der Waals surface area contributed by atoms with E-state index in [1.807, 2.05) is 0 Å². The Bertz CT molecular complexity index is 523. The van der Waals surface area contributed by atoms with Gasteiger partial charge in [0.25, 0.3) is 5.91 Å². The number of rotatable bonds is 3. The lowest BCUT2D eigenvalue weighted by Crippen LogP contribution is -2.34. The van der Waals surface area contributed by atoms with E-state index >= 15 is 0 Å². The summed E-state index contributed by atoms with van der Waals surface area (Å²) in [5, 5.41) is 11.9. The molecule has 0 radical (unpaired) electrons. The molecule has 2 amide bonds. The second-order valence-corrected chi connectivity index (χ2v) is 5.68. The number of carbonyl (C=O) groups excluding carboxylic acids is 2. The minimum absolute atomic E-state index is 0.112. The van der Waals surface area contributed by atoms with Gasteiger partial charge < -0.3 is 15.3 Å². The molecule has 0 aliphatic carbocycles. The first kappa shape index (κ1) is 14.9. The fraction of sp³-hybridized carbons (Fsp3) is 0.462. The standard InChI is InChI=1S/C13H16BrN3O3/c1-15-12(19)11-6-17(5-9(11)7-18)13(20)8-2-10(14)4-16-3-8/h2-4,9,11,18H,5-7H2,1H3,(H,15,19)/t9-,11+/m0/s1. The zero-order valence-corrected chi connectivity index (χ0v) is 12.6. The van der Waals surface area contributed by atoms with E-state index in [9.17, 15) is 14.7 Å². The quantitative estimate of drug-likeness (QED) is 0.826. The Kier molecular flexibility index (Phi) is 4.72. The number of nitrogens with zero attached hydrogens (tertiary/aromatic N) is 2. The van der Waals surface area contributed by atoms with Gasteiger partial charge in [-0.05, 0) is 22.0 Å². The van der Waals surface area contributed by atoms with Crippen LogP contribution in [0.4, 0.5) is 0 Å². The van der Waals surface area contributed by atoms with Gasteiger partial charge in [-0.25, -0.2) is 0 Å². The molecule has 1 saturated heterocycles. The lowest BCUT2D eigenvalue weighted by atomic mass is 9.96. The van der Waals surface area contributed by atoms with Crippen LogP contribution in [0.1, 0.15) is 10.4 Å². The minimum Gasteiger partial charge on any atom is -0.396 e. The molecule has 1 aliphatic heterocycles. The van der Waals surface area contributed by atoms with Crippen LogP contribution in [0.3, 0.4) is 0 Å². The van der Waals surface area contributed by atoms with Crippen LogP contribution in [-0.2, 0) is 4.79 Å². The molecule has 7 heteroatoms. The highest BCUT2D eigenvalue weighted by Crippen LogP contribution is 2.25. The summed E-state index contributed by atoms with van der Waals surface area (Å²) in [6.07, 6.45) is 3.10. The van der Waals surface area contributed by atoms with Crippen molar-refractivity contribution < 1.29 is 14.7 Å². The van der Waals surface area contributed by atoms with Crippen molar-refractivity contribution in [2.45, 2.75) is 0 Å². The topological polar surface area (TPSA) is 82.5 Å². The fourth-order valence-electron chi connectivity index (χ4n) is 2.42. The summed E-state index contributed by atoms with van der Waals surface area (Å²) < 4.78 is 0.726. The zero-order chi connectivity index (χ0) is 14.7. The van der Waals surface area contributed by atoms with Crippen molar-refractivity contribution in [1.29, 1.82) is 0 Å². The van der Waals surface area contributed by atoms with Crippen LogP contribution in [-0.4, -0.2) is 53.5 Å². The molecule has 0 saturated carbocycles. The van der Waals surface area contributed by atoms with Crippen molar-refractivity contribution in [3.05, 3.63) is 28.5 Å². The van der Waals surface area contributed by atoms with Crippen molar-refractivity contribution in [3.63, 3.8) is 0 Å². The molecule has 2 atom stereocenters. The first-order chi connectivity index (χ1) is 9.56. The Morgan fingerprint density at radius 2 is 2.25 bits per heavy atom. The highest BCUT2D eigenvalue weighted by atomic mass is 79.9. The molecule has 1 aromatic heterocycles.